The van der Waals surface area contributed by atoms with Gasteiger partial charge in [0.05, 0.1) is 26.2 Å². The van der Waals surface area contributed by atoms with Crippen molar-refractivity contribution in [3.63, 3.8) is 0 Å². The van der Waals surface area contributed by atoms with E-state index >= 15 is 0 Å². The van der Waals surface area contributed by atoms with E-state index in [0.717, 1.165) is 32.3 Å². The second-order valence-corrected chi connectivity index (χ2v) is 4.62. The van der Waals surface area contributed by atoms with Crippen LogP contribution in [0.4, 0.5) is 0 Å². The molecule has 0 heterocycles. The maximum atomic E-state index is 11.4. The maximum absolute atomic E-state index is 11.4. The van der Waals surface area contributed by atoms with Crippen molar-refractivity contribution in [3.05, 3.63) is 24.3 Å². The summed E-state index contributed by atoms with van der Waals surface area (Å²) in [5.41, 5.74) is 0. The van der Waals surface area contributed by atoms with Crippen LogP contribution in [-0.4, -0.2) is 39.0 Å². The summed E-state index contributed by atoms with van der Waals surface area (Å²) in [5, 5.41) is 0. The quantitative estimate of drug-likeness (QED) is 0.279. The lowest BCUT2D eigenvalue weighted by atomic mass is 10.3. The third-order valence-corrected chi connectivity index (χ3v) is 2.61. The lowest BCUT2D eigenvalue weighted by molar-refractivity contribution is -0.143. The van der Waals surface area contributed by atoms with Crippen LogP contribution in [0.25, 0.3) is 0 Å². The Morgan fingerprint density at radius 1 is 0.857 bits per heavy atom. The van der Waals surface area contributed by atoms with Crippen molar-refractivity contribution in [2.45, 2.75) is 46.0 Å². The monoisotopic (exact) mass is 298 g/mol. The molecular weight excluding hydrogens is 268 g/mol. The predicted octanol–water partition coefficient (Wildman–Crippen LogP) is 3.67. The van der Waals surface area contributed by atoms with Gasteiger partial charge in [0, 0.05) is 19.6 Å². The molecule has 0 N–H and O–H groups in total. The summed E-state index contributed by atoms with van der Waals surface area (Å²) in [6, 6.07) is 0. The molecule has 0 aromatic heterocycles. The van der Waals surface area contributed by atoms with Crippen molar-refractivity contribution in [2.24, 2.45) is 0 Å². The van der Waals surface area contributed by atoms with Gasteiger partial charge in [0.15, 0.2) is 0 Å². The number of carbonyl (C=O) groups excluding carboxylic acids is 1. The topological polar surface area (TPSA) is 44.8 Å². The smallest absolute Gasteiger partial charge is 0.309 e. The molecule has 0 saturated carbocycles. The second-order valence-electron chi connectivity index (χ2n) is 4.62. The molecule has 0 aliphatic carbocycles. The number of hydrogen-bond donors (Lipinski definition) is 0. The second kappa shape index (κ2) is 16.9. The highest BCUT2D eigenvalue weighted by Gasteiger charge is 1.98. The number of rotatable bonds is 14. The molecule has 0 aliphatic rings. The summed E-state index contributed by atoms with van der Waals surface area (Å²) in [6.45, 7) is 7.25. The van der Waals surface area contributed by atoms with E-state index in [0.29, 0.717) is 32.8 Å². The molecule has 4 nitrogen and oxygen atoms in total. The van der Waals surface area contributed by atoms with Gasteiger partial charge in [0.1, 0.15) is 0 Å². The summed E-state index contributed by atoms with van der Waals surface area (Å²) in [4.78, 5) is 11.4. The maximum Gasteiger partial charge on any atom is 0.309 e. The zero-order valence-electron chi connectivity index (χ0n) is 13.5. The Bertz CT molecular complexity index is 285. The number of ether oxygens (including phenoxy) is 3. The Morgan fingerprint density at radius 3 is 2.19 bits per heavy atom. The molecular formula is C17H30O4. The van der Waals surface area contributed by atoms with E-state index in [9.17, 15) is 4.79 Å². The molecule has 0 aromatic carbocycles. The highest BCUT2D eigenvalue weighted by atomic mass is 16.5. The molecule has 0 fully saturated rings. The Labute approximate surface area is 129 Å². The van der Waals surface area contributed by atoms with E-state index in [1.807, 2.05) is 18.2 Å². The van der Waals surface area contributed by atoms with Gasteiger partial charge in [0.2, 0.25) is 0 Å². The van der Waals surface area contributed by atoms with Gasteiger partial charge in [-0.2, -0.15) is 0 Å². The van der Waals surface area contributed by atoms with Crippen molar-refractivity contribution < 1.29 is 19.0 Å². The fourth-order valence-electron chi connectivity index (χ4n) is 1.43. The van der Waals surface area contributed by atoms with Gasteiger partial charge < -0.3 is 14.2 Å². The van der Waals surface area contributed by atoms with E-state index in [1.54, 1.807) is 6.08 Å². The van der Waals surface area contributed by atoms with E-state index < -0.39 is 0 Å². The zero-order valence-corrected chi connectivity index (χ0v) is 13.5. The number of carbonyl (C=O) groups is 1. The Hall–Kier alpha value is -1.13. The van der Waals surface area contributed by atoms with Gasteiger partial charge in [-0.3, -0.25) is 4.79 Å². The largest absolute Gasteiger partial charge is 0.465 e. The molecule has 0 atom stereocenters. The summed E-state index contributed by atoms with van der Waals surface area (Å²) in [6.07, 6.45) is 11.9. The lowest BCUT2D eigenvalue weighted by Crippen LogP contribution is -2.09. The Balaban J connectivity index is 3.25. The predicted molar refractivity (Wildman–Crippen MR) is 85.3 cm³/mol. The molecule has 0 spiro atoms. The van der Waals surface area contributed by atoms with E-state index in [4.69, 9.17) is 14.2 Å². The van der Waals surface area contributed by atoms with Crippen molar-refractivity contribution >= 4 is 5.97 Å². The van der Waals surface area contributed by atoms with Gasteiger partial charge in [-0.1, -0.05) is 44.6 Å². The van der Waals surface area contributed by atoms with Crippen LogP contribution in [0.15, 0.2) is 24.3 Å². The van der Waals surface area contributed by atoms with Crippen molar-refractivity contribution in [3.8, 4) is 0 Å². The van der Waals surface area contributed by atoms with Crippen LogP contribution in [0, 0.1) is 0 Å². The first-order valence-corrected chi connectivity index (χ1v) is 7.94. The minimum Gasteiger partial charge on any atom is -0.465 e. The average Bonchev–Trinajstić information content (AvgIpc) is 2.49. The summed E-state index contributed by atoms with van der Waals surface area (Å²) in [5.74, 6) is -0.195. The van der Waals surface area contributed by atoms with Gasteiger partial charge in [0.25, 0.3) is 0 Å². The number of allylic oxidation sites excluding steroid dienone is 3. The minimum atomic E-state index is -0.195. The van der Waals surface area contributed by atoms with E-state index in [1.165, 1.54) is 0 Å². The number of hydrogen-bond acceptors (Lipinski definition) is 4. The molecule has 21 heavy (non-hydrogen) atoms. The van der Waals surface area contributed by atoms with E-state index in [-0.39, 0.29) is 5.97 Å². The van der Waals surface area contributed by atoms with E-state index in [2.05, 4.69) is 13.8 Å². The third-order valence-electron chi connectivity index (χ3n) is 2.61. The summed E-state index contributed by atoms with van der Waals surface area (Å²) < 4.78 is 15.8. The highest BCUT2D eigenvalue weighted by Crippen LogP contribution is 1.93. The van der Waals surface area contributed by atoms with Gasteiger partial charge in [-0.15, -0.1) is 0 Å². The van der Waals surface area contributed by atoms with Crippen LogP contribution < -0.4 is 0 Å². The third kappa shape index (κ3) is 16.8. The Kier molecular flexibility index (Phi) is 16.0. The molecule has 0 saturated heterocycles. The van der Waals surface area contributed by atoms with Gasteiger partial charge in [-0.25, -0.2) is 0 Å². The van der Waals surface area contributed by atoms with Crippen LogP contribution in [0.2, 0.25) is 0 Å². The van der Waals surface area contributed by atoms with Crippen LogP contribution >= 0.6 is 0 Å². The normalized spacial score (nSPS) is 11.5. The number of esters is 1. The molecule has 0 aromatic rings. The van der Waals surface area contributed by atoms with Gasteiger partial charge >= 0.3 is 5.97 Å². The van der Waals surface area contributed by atoms with Crippen LogP contribution in [0.5, 0.6) is 0 Å². The first-order chi connectivity index (χ1) is 10.3. The van der Waals surface area contributed by atoms with Crippen LogP contribution in [0.3, 0.4) is 0 Å². The molecule has 0 rings (SSSR count). The lowest BCUT2D eigenvalue weighted by Gasteiger charge is -2.06. The SMILES string of the molecule is CC/C=C/C=C/CC(=O)OCCCOCCOCCCC. The first kappa shape index (κ1) is 19.9. The molecule has 122 valence electrons. The molecule has 0 amide bonds. The first-order valence-electron chi connectivity index (χ1n) is 7.94. The fourth-order valence-corrected chi connectivity index (χ4v) is 1.43. The summed E-state index contributed by atoms with van der Waals surface area (Å²) in [7, 11) is 0. The molecule has 0 unspecified atom stereocenters. The summed E-state index contributed by atoms with van der Waals surface area (Å²) >= 11 is 0. The molecule has 0 radical (unpaired) electrons. The molecule has 4 heteroatoms. The number of unbranched alkanes of at least 4 members (excludes halogenated alkanes) is 1. The standard InChI is InChI=1S/C17H30O4/c1-3-5-7-8-9-11-17(18)21-14-10-13-20-16-15-19-12-6-4-2/h5,7-9H,3-4,6,10-16H2,1-2H3/b7-5+,9-8+. The molecule has 0 aliphatic heterocycles. The minimum absolute atomic E-state index is 0.195. The highest BCUT2D eigenvalue weighted by molar-refractivity contribution is 5.71. The van der Waals surface area contributed by atoms with Crippen molar-refractivity contribution in [1.82, 2.24) is 0 Å². The zero-order chi connectivity index (χ0) is 15.6. The van der Waals surface area contributed by atoms with Crippen LogP contribution in [0.1, 0.15) is 46.0 Å². The fraction of sp³-hybridized carbons (Fsp3) is 0.706. The van der Waals surface area contributed by atoms with Crippen molar-refractivity contribution in [1.29, 1.82) is 0 Å². The Morgan fingerprint density at radius 2 is 1.52 bits per heavy atom. The van der Waals surface area contributed by atoms with Crippen LogP contribution in [-0.2, 0) is 19.0 Å². The average molecular weight is 298 g/mol. The van der Waals surface area contributed by atoms with Gasteiger partial charge in [-0.05, 0) is 12.8 Å². The van der Waals surface area contributed by atoms with Crippen molar-refractivity contribution in [2.75, 3.05) is 33.0 Å². The molecule has 0 bridgehead atoms.